The van der Waals surface area contributed by atoms with Crippen LogP contribution < -0.4 is 14.2 Å². The van der Waals surface area contributed by atoms with E-state index in [4.69, 9.17) is 14.2 Å². The number of H-pyrrole nitrogens is 1. The number of nitrogens with one attached hydrogen (secondary N) is 1. The monoisotopic (exact) mass is 431 g/mol. The van der Waals surface area contributed by atoms with Crippen LogP contribution in [-0.2, 0) is 6.54 Å². The maximum atomic E-state index is 15.0. The molecule has 0 aliphatic carbocycles. The van der Waals surface area contributed by atoms with E-state index in [1.54, 1.807) is 43.6 Å². The first-order valence-electron chi connectivity index (χ1n) is 10.3. The molecule has 0 unspecified atom stereocenters. The number of aryl methyl sites for hydroxylation is 1. The highest BCUT2D eigenvalue weighted by Gasteiger charge is 2.15. The number of hydrogen-bond acceptors (Lipinski definition) is 4. The van der Waals surface area contributed by atoms with E-state index >= 15 is 4.39 Å². The average molecular weight is 431 g/mol. The summed E-state index contributed by atoms with van der Waals surface area (Å²) in [5.41, 5.74) is 2.29. The molecule has 0 aliphatic rings. The minimum absolute atomic E-state index is 0.148. The van der Waals surface area contributed by atoms with Crippen molar-refractivity contribution in [2.24, 2.45) is 0 Å². The largest absolute Gasteiger partial charge is 0.493 e. The maximum Gasteiger partial charge on any atom is 0.175 e. The van der Waals surface area contributed by atoms with Gasteiger partial charge in [-0.3, -0.25) is 4.98 Å². The molecule has 7 heteroatoms. The highest BCUT2D eigenvalue weighted by atomic mass is 19.1. The molecule has 0 fully saturated rings. The van der Waals surface area contributed by atoms with Crippen molar-refractivity contribution in [2.45, 2.75) is 13.5 Å². The number of halogens is 1. The molecule has 0 aliphatic heterocycles. The van der Waals surface area contributed by atoms with Crippen LogP contribution >= 0.6 is 0 Å². The highest BCUT2D eigenvalue weighted by Crippen LogP contribution is 2.38. The van der Waals surface area contributed by atoms with Crippen LogP contribution in [0.25, 0.3) is 21.8 Å². The number of rotatable bonds is 7. The second-order valence-electron chi connectivity index (χ2n) is 7.49. The van der Waals surface area contributed by atoms with Crippen molar-refractivity contribution in [3.63, 3.8) is 0 Å². The van der Waals surface area contributed by atoms with Gasteiger partial charge in [0.1, 0.15) is 12.4 Å². The van der Waals surface area contributed by atoms with E-state index in [2.05, 4.69) is 9.97 Å². The normalized spacial score (nSPS) is 11.2. The van der Waals surface area contributed by atoms with Crippen molar-refractivity contribution < 1.29 is 18.6 Å². The van der Waals surface area contributed by atoms with Crippen molar-refractivity contribution in [2.75, 3.05) is 13.7 Å². The zero-order valence-electron chi connectivity index (χ0n) is 17.8. The molecule has 32 heavy (non-hydrogen) atoms. The lowest BCUT2D eigenvalue weighted by atomic mass is 10.1. The Hall–Kier alpha value is -4.00. The molecule has 0 saturated carbocycles. The SMILES string of the molecule is COc1cc2c(Oc3ccc4[nH]c(C)cc4c3F)ccnc2cc1OCCn1cccc1. The van der Waals surface area contributed by atoms with Gasteiger partial charge in [0.05, 0.1) is 19.2 Å². The van der Waals surface area contributed by atoms with E-state index in [1.165, 1.54) is 0 Å². The number of benzene rings is 2. The summed E-state index contributed by atoms with van der Waals surface area (Å²) in [6.45, 7) is 3.08. The van der Waals surface area contributed by atoms with Gasteiger partial charge in [-0.05, 0) is 49.4 Å². The standard InChI is InChI=1S/C25H22FN3O3/c1-16-13-18-19(28-16)5-6-22(25(18)26)32-21-7-8-27-20-15-24(23(30-2)14-17(20)21)31-12-11-29-9-3-4-10-29/h3-10,13-15,28H,11-12H2,1-2H3. The van der Waals surface area contributed by atoms with Crippen LogP contribution in [0.15, 0.2) is 67.1 Å². The van der Waals surface area contributed by atoms with Crippen LogP contribution in [0.4, 0.5) is 4.39 Å². The Balaban J connectivity index is 1.46. The van der Waals surface area contributed by atoms with Gasteiger partial charge in [0, 0.05) is 46.6 Å². The molecule has 0 saturated heterocycles. The summed E-state index contributed by atoms with van der Waals surface area (Å²) in [4.78, 5) is 7.56. The van der Waals surface area contributed by atoms with Crippen molar-refractivity contribution in [3.8, 4) is 23.0 Å². The summed E-state index contributed by atoms with van der Waals surface area (Å²) < 4.78 is 34.5. The van der Waals surface area contributed by atoms with Gasteiger partial charge in [-0.25, -0.2) is 4.39 Å². The zero-order valence-corrected chi connectivity index (χ0v) is 17.8. The zero-order chi connectivity index (χ0) is 22.1. The van der Waals surface area contributed by atoms with Gasteiger partial charge in [0.25, 0.3) is 0 Å². The number of aromatic nitrogens is 3. The molecule has 3 heterocycles. The second kappa shape index (κ2) is 8.26. The Morgan fingerprint density at radius 3 is 2.62 bits per heavy atom. The summed E-state index contributed by atoms with van der Waals surface area (Å²) in [6, 6.07) is 14.5. The molecular weight excluding hydrogens is 409 g/mol. The van der Waals surface area contributed by atoms with Crippen LogP contribution in [0.3, 0.4) is 0 Å². The van der Waals surface area contributed by atoms with Crippen molar-refractivity contribution in [3.05, 3.63) is 78.6 Å². The van der Waals surface area contributed by atoms with Gasteiger partial charge in [0.15, 0.2) is 23.1 Å². The first-order chi connectivity index (χ1) is 15.6. The molecule has 0 bridgehead atoms. The number of fused-ring (bicyclic) bond motifs is 2. The first kappa shape index (κ1) is 19.9. The lowest BCUT2D eigenvalue weighted by Gasteiger charge is -2.14. The smallest absolute Gasteiger partial charge is 0.175 e. The van der Waals surface area contributed by atoms with E-state index in [0.29, 0.717) is 46.7 Å². The Labute approximate surface area is 184 Å². The van der Waals surface area contributed by atoms with Crippen molar-refractivity contribution in [1.29, 1.82) is 0 Å². The molecule has 0 radical (unpaired) electrons. The van der Waals surface area contributed by atoms with Gasteiger partial charge in [-0.15, -0.1) is 0 Å². The third-order valence-corrected chi connectivity index (χ3v) is 5.32. The summed E-state index contributed by atoms with van der Waals surface area (Å²) >= 11 is 0. The van der Waals surface area contributed by atoms with E-state index in [1.807, 2.05) is 42.1 Å². The molecule has 5 aromatic rings. The van der Waals surface area contributed by atoms with Crippen LogP contribution in [-0.4, -0.2) is 28.3 Å². The fraction of sp³-hybridized carbons (Fsp3) is 0.160. The molecule has 0 amide bonds. The Bertz CT molecular complexity index is 1390. The van der Waals surface area contributed by atoms with Crippen LogP contribution in [0, 0.1) is 12.7 Å². The topological polar surface area (TPSA) is 61.3 Å². The molecule has 5 rings (SSSR count). The Morgan fingerprint density at radius 1 is 0.969 bits per heavy atom. The molecule has 1 N–H and O–H groups in total. The number of pyridine rings is 1. The van der Waals surface area contributed by atoms with E-state index in [-0.39, 0.29) is 5.75 Å². The number of hydrogen-bond donors (Lipinski definition) is 1. The van der Waals surface area contributed by atoms with Crippen LogP contribution in [0.2, 0.25) is 0 Å². The number of aromatic amines is 1. The van der Waals surface area contributed by atoms with Gasteiger partial charge in [-0.2, -0.15) is 0 Å². The summed E-state index contributed by atoms with van der Waals surface area (Å²) in [5.74, 6) is 1.37. The van der Waals surface area contributed by atoms with Gasteiger partial charge in [-0.1, -0.05) is 0 Å². The van der Waals surface area contributed by atoms with Crippen LogP contribution in [0.1, 0.15) is 5.69 Å². The van der Waals surface area contributed by atoms with E-state index < -0.39 is 5.82 Å². The summed E-state index contributed by atoms with van der Waals surface area (Å²) in [7, 11) is 1.58. The number of nitrogens with zero attached hydrogens (tertiary/aromatic N) is 2. The third kappa shape index (κ3) is 3.73. The number of methoxy groups -OCH3 is 1. The minimum Gasteiger partial charge on any atom is -0.493 e. The fourth-order valence-corrected chi connectivity index (χ4v) is 3.76. The first-order valence-corrected chi connectivity index (χ1v) is 10.3. The van der Waals surface area contributed by atoms with Crippen molar-refractivity contribution in [1.82, 2.24) is 14.5 Å². The Kier molecular flexibility index (Phi) is 5.15. The molecule has 2 aromatic carbocycles. The van der Waals surface area contributed by atoms with Crippen LogP contribution in [0.5, 0.6) is 23.0 Å². The predicted octanol–water partition coefficient (Wildman–Crippen LogP) is 5.85. The third-order valence-electron chi connectivity index (χ3n) is 5.32. The molecule has 0 spiro atoms. The second-order valence-corrected chi connectivity index (χ2v) is 7.49. The summed E-state index contributed by atoms with van der Waals surface area (Å²) in [5, 5.41) is 1.20. The quantitative estimate of drug-likeness (QED) is 0.351. The lowest BCUT2D eigenvalue weighted by Crippen LogP contribution is -2.07. The summed E-state index contributed by atoms with van der Waals surface area (Å²) in [6.07, 6.45) is 5.60. The van der Waals surface area contributed by atoms with E-state index in [9.17, 15) is 0 Å². The molecule has 162 valence electrons. The molecule has 6 nitrogen and oxygen atoms in total. The molecule has 0 atom stereocenters. The Morgan fingerprint density at radius 2 is 1.81 bits per heavy atom. The average Bonchev–Trinajstić information content (AvgIpc) is 3.45. The lowest BCUT2D eigenvalue weighted by molar-refractivity contribution is 0.280. The molecule has 3 aromatic heterocycles. The van der Waals surface area contributed by atoms with E-state index in [0.717, 1.165) is 11.2 Å². The fourth-order valence-electron chi connectivity index (χ4n) is 3.76. The maximum absolute atomic E-state index is 15.0. The number of ether oxygens (including phenoxy) is 3. The predicted molar refractivity (Wildman–Crippen MR) is 121 cm³/mol. The molecular formula is C25H22FN3O3. The van der Waals surface area contributed by atoms with Gasteiger partial charge < -0.3 is 23.8 Å². The highest BCUT2D eigenvalue weighted by molar-refractivity contribution is 5.89. The van der Waals surface area contributed by atoms with Gasteiger partial charge >= 0.3 is 0 Å². The van der Waals surface area contributed by atoms with Crippen molar-refractivity contribution >= 4 is 21.8 Å². The van der Waals surface area contributed by atoms with Gasteiger partial charge in [0.2, 0.25) is 0 Å². The minimum atomic E-state index is -0.409.